The molecule has 1 heterocycles. The van der Waals surface area contributed by atoms with E-state index in [1.165, 1.54) is 25.7 Å². The first kappa shape index (κ1) is 50.4. The zero-order chi connectivity index (χ0) is 40.4. The number of phosphoric ester groups is 1. The van der Waals surface area contributed by atoms with Crippen molar-refractivity contribution in [1.82, 2.24) is 0 Å². The summed E-state index contributed by atoms with van der Waals surface area (Å²) in [6.07, 6.45) is 37.8. The molecule has 0 aromatic rings. The lowest BCUT2D eigenvalue weighted by Crippen LogP contribution is -2.34. The van der Waals surface area contributed by atoms with Gasteiger partial charge in [-0.3, -0.25) is 23.4 Å². The number of nitrogens with two attached hydrogens (primary N) is 1. The highest BCUT2D eigenvalue weighted by Gasteiger charge is 2.36. The quantitative estimate of drug-likeness (QED) is 0.0178. The Morgan fingerprint density at radius 2 is 1.25 bits per heavy atom. The van der Waals surface area contributed by atoms with Crippen LogP contribution in [-0.4, -0.2) is 72.1 Å². The van der Waals surface area contributed by atoms with E-state index in [1.54, 1.807) is 0 Å². The van der Waals surface area contributed by atoms with Crippen LogP contribution in [0.3, 0.4) is 0 Å². The fourth-order valence-electron chi connectivity index (χ4n) is 5.61. The second-order valence-corrected chi connectivity index (χ2v) is 15.6. The maximum atomic E-state index is 12.6. The van der Waals surface area contributed by atoms with Crippen LogP contribution < -0.4 is 5.73 Å². The third-order valence-electron chi connectivity index (χ3n) is 8.98. The van der Waals surface area contributed by atoms with Crippen molar-refractivity contribution in [2.24, 2.45) is 5.73 Å². The molecule has 1 aliphatic rings. The van der Waals surface area contributed by atoms with E-state index in [1.807, 2.05) is 0 Å². The predicted molar refractivity (Wildman–Crippen MR) is 216 cm³/mol. The topological polar surface area (TPSA) is 184 Å². The van der Waals surface area contributed by atoms with E-state index in [0.29, 0.717) is 25.0 Å². The Morgan fingerprint density at radius 3 is 1.89 bits per heavy atom. The SMILES string of the molecule is CC/C=C\C/C=C\C/C=C\CCCCCCCC(=O)O[C@H](COC(=O)CCCCCCC/C=C\CC1OC1CCCCC)COP(=O)(O)OC[C@H](N)C(=O)O. The summed E-state index contributed by atoms with van der Waals surface area (Å²) >= 11 is 0. The van der Waals surface area contributed by atoms with E-state index in [-0.39, 0.29) is 19.4 Å². The van der Waals surface area contributed by atoms with Crippen molar-refractivity contribution in [3.8, 4) is 0 Å². The molecule has 0 radical (unpaired) electrons. The monoisotopic (exact) mass is 797 g/mol. The van der Waals surface area contributed by atoms with Crippen LogP contribution >= 0.6 is 7.82 Å². The number of rotatable bonds is 37. The molecule has 1 aliphatic heterocycles. The maximum Gasteiger partial charge on any atom is 0.472 e. The second kappa shape index (κ2) is 33.5. The van der Waals surface area contributed by atoms with Crippen molar-refractivity contribution in [2.45, 2.75) is 179 Å². The smallest absolute Gasteiger partial charge is 0.472 e. The molecule has 0 aromatic heterocycles. The van der Waals surface area contributed by atoms with Crippen molar-refractivity contribution < 1.29 is 52.2 Å². The number of carboxylic acids is 1. The highest BCUT2D eigenvalue weighted by atomic mass is 31.2. The van der Waals surface area contributed by atoms with Gasteiger partial charge in [0.1, 0.15) is 12.6 Å². The Morgan fingerprint density at radius 1 is 0.691 bits per heavy atom. The van der Waals surface area contributed by atoms with E-state index < -0.39 is 51.1 Å². The standard InChI is InChI=1S/C42H72NO11P/c1-3-5-7-8-9-10-11-12-13-14-15-16-21-24-28-32-41(45)53-36(34-51-55(48,49)52-35-37(43)42(46)47)33-50-40(44)31-27-23-20-18-17-19-22-26-30-39-38(54-39)29-25-6-4-2/h5,7,9-10,12-13,22,26,36-39H,3-4,6,8,11,14-21,23-25,27-35,43H2,1-2H3,(H,46,47)(H,48,49)/b7-5-,10-9-,13-12-,26-22-/t36-,37+,38?,39?/m1/s1. The van der Waals surface area contributed by atoms with Gasteiger partial charge in [0.2, 0.25) is 0 Å². The summed E-state index contributed by atoms with van der Waals surface area (Å²) in [6.45, 7) is 2.61. The Bertz CT molecular complexity index is 1190. The number of allylic oxidation sites excluding steroid dienone is 7. The zero-order valence-electron chi connectivity index (χ0n) is 33.7. The van der Waals surface area contributed by atoms with Gasteiger partial charge in [0.15, 0.2) is 6.10 Å². The minimum absolute atomic E-state index is 0.134. The fourth-order valence-corrected chi connectivity index (χ4v) is 6.39. The van der Waals surface area contributed by atoms with Crippen LogP contribution in [0.25, 0.3) is 0 Å². The number of carboxylic acid groups (broad SMARTS) is 1. The van der Waals surface area contributed by atoms with Crippen LogP contribution in [0.5, 0.6) is 0 Å². The lowest BCUT2D eigenvalue weighted by molar-refractivity contribution is -0.161. The molecule has 13 heteroatoms. The van der Waals surface area contributed by atoms with Gasteiger partial charge >= 0.3 is 25.7 Å². The Hall–Kier alpha value is -2.60. The number of carbonyl (C=O) groups is 3. The molecule has 5 atom stereocenters. The van der Waals surface area contributed by atoms with Crippen LogP contribution in [0.15, 0.2) is 48.6 Å². The van der Waals surface area contributed by atoms with Crippen LogP contribution in [0.4, 0.5) is 0 Å². The van der Waals surface area contributed by atoms with Gasteiger partial charge in [-0.2, -0.15) is 0 Å². The molecule has 0 aromatic carbocycles. The number of carbonyl (C=O) groups excluding carboxylic acids is 2. The molecule has 3 unspecified atom stereocenters. The van der Waals surface area contributed by atoms with Crippen LogP contribution in [0.1, 0.15) is 155 Å². The molecule has 0 saturated carbocycles. The summed E-state index contributed by atoms with van der Waals surface area (Å²) in [4.78, 5) is 45.9. The molecule has 1 fully saturated rings. The van der Waals surface area contributed by atoms with Gasteiger partial charge in [-0.25, -0.2) is 4.57 Å². The van der Waals surface area contributed by atoms with E-state index in [0.717, 1.165) is 89.9 Å². The normalized spacial score (nSPS) is 18.0. The Labute approximate surface area is 330 Å². The third-order valence-corrected chi connectivity index (χ3v) is 9.94. The molecule has 0 aliphatic carbocycles. The Kier molecular flexibility index (Phi) is 30.7. The number of esters is 2. The molecule has 0 amide bonds. The minimum atomic E-state index is -4.73. The van der Waals surface area contributed by atoms with Gasteiger partial charge in [0.05, 0.1) is 25.4 Å². The van der Waals surface area contributed by atoms with Gasteiger partial charge < -0.3 is 29.9 Å². The summed E-state index contributed by atoms with van der Waals surface area (Å²) in [7, 11) is -4.73. The summed E-state index contributed by atoms with van der Waals surface area (Å²) in [5.74, 6) is -2.43. The number of unbranched alkanes of at least 4 members (excludes halogenated alkanes) is 12. The number of hydrogen-bond acceptors (Lipinski definition) is 10. The molecular formula is C42H72NO11P. The largest absolute Gasteiger partial charge is 0.480 e. The van der Waals surface area contributed by atoms with Crippen molar-refractivity contribution in [1.29, 1.82) is 0 Å². The lowest BCUT2D eigenvalue weighted by Gasteiger charge is -2.20. The van der Waals surface area contributed by atoms with Gasteiger partial charge in [0.25, 0.3) is 0 Å². The van der Waals surface area contributed by atoms with E-state index >= 15 is 0 Å². The number of epoxide rings is 1. The molecule has 4 N–H and O–H groups in total. The summed E-state index contributed by atoms with van der Waals surface area (Å²) in [6, 6.07) is -1.53. The Balaban J connectivity index is 2.31. The van der Waals surface area contributed by atoms with Gasteiger partial charge in [-0.15, -0.1) is 0 Å². The number of ether oxygens (including phenoxy) is 3. The highest BCUT2D eigenvalue weighted by Crippen LogP contribution is 2.43. The van der Waals surface area contributed by atoms with Crippen molar-refractivity contribution in [3.05, 3.63) is 48.6 Å². The van der Waals surface area contributed by atoms with E-state index in [4.69, 9.17) is 29.6 Å². The first-order valence-corrected chi connectivity index (χ1v) is 22.3. The molecule has 0 bridgehead atoms. The molecular weight excluding hydrogens is 725 g/mol. The first-order chi connectivity index (χ1) is 26.6. The van der Waals surface area contributed by atoms with Crippen molar-refractivity contribution in [2.75, 3.05) is 19.8 Å². The van der Waals surface area contributed by atoms with Gasteiger partial charge in [0, 0.05) is 12.8 Å². The fraction of sp³-hybridized carbons (Fsp3) is 0.738. The highest BCUT2D eigenvalue weighted by molar-refractivity contribution is 7.47. The van der Waals surface area contributed by atoms with Crippen molar-refractivity contribution in [3.63, 3.8) is 0 Å². The van der Waals surface area contributed by atoms with Crippen LogP contribution in [-0.2, 0) is 42.2 Å². The van der Waals surface area contributed by atoms with Gasteiger partial charge in [-0.1, -0.05) is 120 Å². The molecule has 12 nitrogen and oxygen atoms in total. The van der Waals surface area contributed by atoms with E-state index in [9.17, 15) is 23.8 Å². The minimum Gasteiger partial charge on any atom is -0.480 e. The second-order valence-electron chi connectivity index (χ2n) is 14.1. The average molecular weight is 798 g/mol. The lowest BCUT2D eigenvalue weighted by atomic mass is 10.1. The summed E-state index contributed by atoms with van der Waals surface area (Å²) in [5, 5.41) is 8.88. The van der Waals surface area contributed by atoms with Crippen molar-refractivity contribution >= 4 is 25.7 Å². The van der Waals surface area contributed by atoms with Crippen LogP contribution in [0, 0.1) is 0 Å². The van der Waals surface area contributed by atoms with E-state index in [2.05, 4.69) is 67.0 Å². The van der Waals surface area contributed by atoms with Gasteiger partial charge in [-0.05, 0) is 70.6 Å². The first-order valence-electron chi connectivity index (χ1n) is 20.8. The average Bonchev–Trinajstić information content (AvgIpc) is 3.91. The number of aliphatic carboxylic acids is 1. The molecule has 316 valence electrons. The number of phosphoric acid groups is 1. The zero-order valence-corrected chi connectivity index (χ0v) is 34.6. The molecule has 1 saturated heterocycles. The maximum absolute atomic E-state index is 12.6. The predicted octanol–water partition coefficient (Wildman–Crippen LogP) is 9.60. The summed E-state index contributed by atoms with van der Waals surface area (Å²) in [5.41, 5.74) is 5.32. The molecule has 1 rings (SSSR count). The summed E-state index contributed by atoms with van der Waals surface area (Å²) < 4.78 is 38.4. The molecule has 0 spiro atoms. The number of hydrogen-bond donors (Lipinski definition) is 3. The molecule has 55 heavy (non-hydrogen) atoms. The third kappa shape index (κ3) is 31.2. The van der Waals surface area contributed by atoms with Crippen LogP contribution in [0.2, 0.25) is 0 Å².